The van der Waals surface area contributed by atoms with Crippen LogP contribution in [-0.2, 0) is 9.53 Å². The van der Waals surface area contributed by atoms with Crippen molar-refractivity contribution in [2.75, 3.05) is 11.9 Å². The Morgan fingerprint density at radius 1 is 1.28 bits per heavy atom. The molecule has 0 spiro atoms. The Morgan fingerprint density at radius 2 is 2.00 bits per heavy atom. The third kappa shape index (κ3) is 3.96. The molecule has 2 aromatic heterocycles. The predicted molar refractivity (Wildman–Crippen MR) is 93.6 cm³/mol. The van der Waals surface area contributed by atoms with Gasteiger partial charge in [0.1, 0.15) is 24.6 Å². The van der Waals surface area contributed by atoms with Gasteiger partial charge < -0.3 is 35.6 Å². The number of hydrogen-bond donors (Lipinski definition) is 7. The number of nitrogens with zero attached hydrogens (tertiary/aromatic N) is 4. The number of aliphatic hydroxyl groups is 4. The van der Waals surface area contributed by atoms with Crippen LogP contribution in [0.3, 0.4) is 0 Å². The van der Waals surface area contributed by atoms with E-state index in [-0.39, 0.29) is 17.0 Å². The number of aromatic nitrogens is 4. The van der Waals surface area contributed by atoms with Gasteiger partial charge in [0.25, 0.3) is 0 Å². The molecule has 2 amide bonds. The zero-order chi connectivity index (χ0) is 21.3. The number of imidazole rings is 1. The van der Waals surface area contributed by atoms with Crippen molar-refractivity contribution in [2.45, 2.75) is 43.6 Å². The molecule has 158 valence electrons. The maximum atomic E-state index is 12.1. The molecule has 14 heteroatoms. The zero-order valence-corrected chi connectivity index (χ0v) is 15.1. The van der Waals surface area contributed by atoms with Gasteiger partial charge in [0, 0.05) is 0 Å². The molecule has 3 rings (SSSR count). The number of aliphatic hydroxyl groups excluding tert-OH is 4. The molecule has 0 saturated carbocycles. The number of hydrogen-bond acceptors (Lipinski definition) is 10. The number of ether oxygens (including phenoxy) is 1. The van der Waals surface area contributed by atoms with Gasteiger partial charge in [0.05, 0.1) is 19.0 Å². The quantitative estimate of drug-likeness (QED) is 0.261. The third-order valence-corrected chi connectivity index (χ3v) is 4.42. The second-order valence-electron chi connectivity index (χ2n) is 6.43. The minimum atomic E-state index is -1.54. The molecule has 1 aliphatic rings. The maximum absolute atomic E-state index is 12.1. The van der Waals surface area contributed by atoms with Crippen molar-refractivity contribution >= 4 is 29.0 Å². The lowest BCUT2D eigenvalue weighted by Gasteiger charge is -2.17. The molecule has 1 saturated heterocycles. The fraction of sp³-hybridized carbons (Fsp3) is 0.533. The van der Waals surface area contributed by atoms with Crippen molar-refractivity contribution in [1.82, 2.24) is 24.8 Å². The molecular formula is C15H20N6O8. The molecule has 0 aliphatic carbocycles. The summed E-state index contributed by atoms with van der Waals surface area (Å²) in [6, 6.07) is -2.48. The molecule has 1 unspecified atom stereocenters. The number of nitrogens with one attached hydrogen (secondary N) is 2. The van der Waals surface area contributed by atoms with Crippen LogP contribution in [0.1, 0.15) is 13.2 Å². The van der Waals surface area contributed by atoms with Gasteiger partial charge in [-0.25, -0.2) is 24.5 Å². The number of carboxylic acid groups (broad SMARTS) is 1. The number of carbonyl (C=O) groups is 2. The lowest BCUT2D eigenvalue weighted by atomic mass is 10.1. The van der Waals surface area contributed by atoms with Gasteiger partial charge in [-0.1, -0.05) is 0 Å². The highest BCUT2D eigenvalue weighted by molar-refractivity contribution is 5.97. The molecule has 0 radical (unpaired) electrons. The molecule has 1 fully saturated rings. The summed E-state index contributed by atoms with van der Waals surface area (Å²) >= 11 is 0. The monoisotopic (exact) mass is 412 g/mol. The number of amides is 2. The highest BCUT2D eigenvalue weighted by atomic mass is 16.6. The first kappa shape index (κ1) is 20.8. The largest absolute Gasteiger partial charge is 0.480 e. The topological polar surface area (TPSA) is 212 Å². The summed E-state index contributed by atoms with van der Waals surface area (Å²) in [5, 5.41) is 52.2. The lowest BCUT2D eigenvalue weighted by Crippen LogP contribution is -2.49. The first-order valence-corrected chi connectivity index (χ1v) is 8.53. The SMILES string of the molecule is CC(O)[C@@H](NC(=O)Nc1ncnc2c1ncn2[C@@H]1O[C@H](CO)[C@@H](O)[C@H]1O)C(=O)O. The average molecular weight is 412 g/mol. The fourth-order valence-corrected chi connectivity index (χ4v) is 2.91. The maximum Gasteiger partial charge on any atom is 0.328 e. The Morgan fingerprint density at radius 3 is 2.59 bits per heavy atom. The van der Waals surface area contributed by atoms with Crippen LogP contribution in [0, 0.1) is 0 Å². The van der Waals surface area contributed by atoms with Crippen LogP contribution in [0.15, 0.2) is 12.7 Å². The van der Waals surface area contributed by atoms with Crippen molar-refractivity contribution in [3.63, 3.8) is 0 Å². The van der Waals surface area contributed by atoms with Crippen LogP contribution in [-0.4, -0.2) is 94.1 Å². The number of rotatable bonds is 6. The highest BCUT2D eigenvalue weighted by Gasteiger charge is 2.44. The highest BCUT2D eigenvalue weighted by Crippen LogP contribution is 2.32. The Labute approximate surface area is 162 Å². The Balaban J connectivity index is 1.83. The van der Waals surface area contributed by atoms with E-state index in [1.54, 1.807) is 0 Å². The van der Waals surface area contributed by atoms with E-state index in [1.165, 1.54) is 17.8 Å². The number of carboxylic acids is 1. The van der Waals surface area contributed by atoms with Gasteiger partial charge in [-0.05, 0) is 6.92 Å². The van der Waals surface area contributed by atoms with Crippen LogP contribution in [0.25, 0.3) is 11.2 Å². The first-order chi connectivity index (χ1) is 13.7. The molecule has 14 nitrogen and oxygen atoms in total. The molecular weight excluding hydrogens is 392 g/mol. The molecule has 1 aliphatic heterocycles. The van der Waals surface area contributed by atoms with Crippen LogP contribution < -0.4 is 10.6 Å². The van der Waals surface area contributed by atoms with Crippen LogP contribution in [0.4, 0.5) is 10.6 Å². The van der Waals surface area contributed by atoms with E-state index >= 15 is 0 Å². The van der Waals surface area contributed by atoms with Crippen molar-refractivity contribution in [3.05, 3.63) is 12.7 Å². The van der Waals surface area contributed by atoms with Gasteiger partial charge in [-0.2, -0.15) is 0 Å². The summed E-state index contributed by atoms with van der Waals surface area (Å²) in [5.74, 6) is -1.48. The van der Waals surface area contributed by atoms with Crippen LogP contribution >= 0.6 is 0 Å². The minimum absolute atomic E-state index is 0.0623. The van der Waals surface area contributed by atoms with E-state index in [4.69, 9.17) is 9.84 Å². The van der Waals surface area contributed by atoms with Crippen LogP contribution in [0.5, 0.6) is 0 Å². The second-order valence-corrected chi connectivity index (χ2v) is 6.43. The van der Waals surface area contributed by atoms with E-state index in [2.05, 4.69) is 25.6 Å². The van der Waals surface area contributed by atoms with Gasteiger partial charge in [0.2, 0.25) is 0 Å². The van der Waals surface area contributed by atoms with Gasteiger partial charge in [0.15, 0.2) is 29.3 Å². The molecule has 29 heavy (non-hydrogen) atoms. The number of carbonyl (C=O) groups excluding carboxylic acids is 1. The van der Waals surface area contributed by atoms with E-state index in [1.807, 2.05) is 0 Å². The van der Waals surface area contributed by atoms with E-state index in [9.17, 15) is 30.0 Å². The van der Waals surface area contributed by atoms with Crippen molar-refractivity contribution < 1.29 is 39.9 Å². The van der Waals surface area contributed by atoms with Crippen molar-refractivity contribution in [2.24, 2.45) is 0 Å². The van der Waals surface area contributed by atoms with Crippen LogP contribution in [0.2, 0.25) is 0 Å². The summed E-state index contributed by atoms with van der Waals surface area (Å²) < 4.78 is 6.74. The van der Waals surface area contributed by atoms with E-state index in [0.717, 1.165) is 6.33 Å². The first-order valence-electron chi connectivity index (χ1n) is 8.53. The predicted octanol–water partition coefficient (Wildman–Crippen LogP) is -2.61. The second kappa shape index (κ2) is 8.22. The van der Waals surface area contributed by atoms with Gasteiger partial charge >= 0.3 is 12.0 Å². The third-order valence-electron chi connectivity index (χ3n) is 4.42. The summed E-state index contributed by atoms with van der Waals surface area (Å²) in [7, 11) is 0. The lowest BCUT2D eigenvalue weighted by molar-refractivity contribution is -0.141. The van der Waals surface area contributed by atoms with E-state index < -0.39 is 55.3 Å². The normalized spacial score (nSPS) is 26.2. The smallest absolute Gasteiger partial charge is 0.328 e. The summed E-state index contributed by atoms with van der Waals surface area (Å²) in [5.41, 5.74) is 0.250. The number of fused-ring (bicyclic) bond motifs is 1. The van der Waals surface area contributed by atoms with Gasteiger partial charge in [-0.15, -0.1) is 0 Å². The molecule has 3 heterocycles. The molecule has 2 aromatic rings. The Kier molecular flexibility index (Phi) is 5.90. The summed E-state index contributed by atoms with van der Waals surface area (Å²) in [6.45, 7) is 0.710. The average Bonchev–Trinajstić information content (AvgIpc) is 3.21. The summed E-state index contributed by atoms with van der Waals surface area (Å²) in [4.78, 5) is 35.2. The number of anilines is 1. The van der Waals surface area contributed by atoms with Crippen molar-refractivity contribution in [3.8, 4) is 0 Å². The standard InChI is InChI=1S/C15H20N6O8/c1-5(23)7(14(26)27)19-15(28)20-11-8-12(17-3-16-11)21(4-18-8)13-10(25)9(24)6(2-22)29-13/h3-7,9-10,13,22-25H,2H2,1H3,(H,26,27)(H2,16,17,19,20,28)/t5?,6-,7-,9-,10-,13-/m1/s1. The number of aliphatic carboxylic acids is 1. The molecule has 7 N–H and O–H groups in total. The van der Waals surface area contributed by atoms with Gasteiger partial charge in [-0.3, -0.25) is 9.88 Å². The Hall–Kier alpha value is -2.91. The molecule has 0 bridgehead atoms. The Bertz CT molecular complexity index is 904. The number of urea groups is 1. The molecule has 6 atom stereocenters. The molecule has 0 aromatic carbocycles. The fourth-order valence-electron chi connectivity index (χ4n) is 2.91. The van der Waals surface area contributed by atoms with Crippen molar-refractivity contribution in [1.29, 1.82) is 0 Å². The summed E-state index contributed by atoms with van der Waals surface area (Å²) in [6.07, 6.45) is -3.75. The van der Waals surface area contributed by atoms with E-state index in [0.29, 0.717) is 0 Å². The minimum Gasteiger partial charge on any atom is -0.480 e. The zero-order valence-electron chi connectivity index (χ0n) is 15.1.